The number of hydrogen-bond acceptors (Lipinski definition) is 5. The van der Waals surface area contributed by atoms with Gasteiger partial charge >= 0.3 is 0 Å². The number of halogens is 2. The molecule has 164 valence electrons. The molecule has 0 saturated carbocycles. The molecular formula is C17H27F2N3O5SSi. The van der Waals surface area contributed by atoms with Crippen molar-refractivity contribution in [2.24, 2.45) is 11.0 Å². The Kier molecular flexibility index (Phi) is 8.60. The van der Waals surface area contributed by atoms with E-state index < -0.39 is 47.8 Å². The molecule has 0 saturated heterocycles. The van der Waals surface area contributed by atoms with E-state index >= 15 is 0 Å². The average Bonchev–Trinajstić information content (AvgIpc) is 2.52. The minimum absolute atomic E-state index is 0.0964. The lowest BCUT2D eigenvalue weighted by molar-refractivity contribution is 0.182. The normalized spacial score (nSPS) is 14.8. The average molecular weight is 452 g/mol. The lowest BCUT2D eigenvalue weighted by atomic mass is 10.0. The Labute approximate surface area is 170 Å². The molecule has 0 fully saturated rings. The van der Waals surface area contributed by atoms with Crippen LogP contribution < -0.4 is 4.74 Å². The van der Waals surface area contributed by atoms with E-state index in [4.69, 9.17) is 14.7 Å². The van der Waals surface area contributed by atoms with E-state index in [-0.39, 0.29) is 24.0 Å². The van der Waals surface area contributed by atoms with Gasteiger partial charge in [-0.1, -0.05) is 25.9 Å². The van der Waals surface area contributed by atoms with Crippen LogP contribution in [0.3, 0.4) is 0 Å². The molecule has 0 aliphatic rings. The largest absolute Gasteiger partial charge is 0.493 e. The van der Waals surface area contributed by atoms with Gasteiger partial charge in [-0.25, -0.2) is 8.78 Å². The Hall–Kier alpha value is -1.72. The van der Waals surface area contributed by atoms with Gasteiger partial charge in [0, 0.05) is 35.6 Å². The van der Waals surface area contributed by atoms with Crippen molar-refractivity contribution >= 4 is 18.4 Å². The van der Waals surface area contributed by atoms with Crippen LogP contribution in [0.2, 0.25) is 18.1 Å². The molecule has 1 N–H and O–H groups in total. The number of ether oxygens (including phenoxy) is 1. The highest BCUT2D eigenvalue weighted by molar-refractivity contribution is 7.85. The summed E-state index contributed by atoms with van der Waals surface area (Å²) >= 11 is 0. The highest BCUT2D eigenvalue weighted by Gasteiger charge is 2.39. The zero-order chi connectivity index (χ0) is 22.5. The van der Waals surface area contributed by atoms with Crippen LogP contribution in [-0.4, -0.2) is 46.3 Å². The van der Waals surface area contributed by atoms with Gasteiger partial charge in [0.15, 0.2) is 8.32 Å². The molecule has 1 aromatic carbocycles. The van der Waals surface area contributed by atoms with Crippen LogP contribution >= 0.6 is 0 Å². The second kappa shape index (κ2) is 9.85. The maximum Gasteiger partial charge on any atom is 0.265 e. The first-order valence-corrected chi connectivity index (χ1v) is 13.4. The van der Waals surface area contributed by atoms with Crippen molar-refractivity contribution in [3.63, 3.8) is 0 Å². The number of nitrogens with zero attached hydrogens (tertiary/aromatic N) is 3. The van der Waals surface area contributed by atoms with Crippen molar-refractivity contribution in [3.05, 3.63) is 40.3 Å². The van der Waals surface area contributed by atoms with E-state index in [1.807, 2.05) is 33.9 Å². The molecular weight excluding hydrogens is 424 g/mol. The second-order valence-corrected chi connectivity index (χ2v) is 14.6. The summed E-state index contributed by atoms with van der Waals surface area (Å²) in [6.45, 7) is 9.49. The topological polar surface area (TPSA) is 122 Å². The maximum atomic E-state index is 13.3. The van der Waals surface area contributed by atoms with Crippen molar-refractivity contribution < 1.29 is 30.9 Å². The highest BCUT2D eigenvalue weighted by Crippen LogP contribution is 2.37. The zero-order valence-corrected chi connectivity index (χ0v) is 18.9. The minimum Gasteiger partial charge on any atom is -0.493 e. The molecule has 2 atom stereocenters. The summed E-state index contributed by atoms with van der Waals surface area (Å²) in [5, 5.41) is 3.41. The third-order valence-electron chi connectivity index (χ3n) is 4.89. The molecule has 0 heterocycles. The third-order valence-corrected chi connectivity index (χ3v) is 10.2. The van der Waals surface area contributed by atoms with E-state index in [9.17, 15) is 21.8 Å². The van der Waals surface area contributed by atoms with Crippen LogP contribution in [0.25, 0.3) is 10.4 Å². The standard InChI is InChI=1S/C17H27F2N3O5SSi/c1-17(2,3)29(4,5)27-9-12(11-28(23,24)25)16(21-22-20)10-26-15-7-13(18)6-14(19)8-15/h6-8,12,16H,9-11H2,1-5H3,(H,23,24,25)/t12-,16+/m0/s1. The molecule has 0 amide bonds. The van der Waals surface area contributed by atoms with Crippen molar-refractivity contribution in [1.82, 2.24) is 0 Å². The predicted octanol–water partition coefficient (Wildman–Crippen LogP) is 4.55. The van der Waals surface area contributed by atoms with E-state index in [1.165, 1.54) is 0 Å². The highest BCUT2D eigenvalue weighted by atomic mass is 32.2. The van der Waals surface area contributed by atoms with Crippen LogP contribution in [0.1, 0.15) is 20.8 Å². The van der Waals surface area contributed by atoms with Gasteiger partial charge in [0.2, 0.25) is 0 Å². The fraction of sp³-hybridized carbons (Fsp3) is 0.647. The van der Waals surface area contributed by atoms with Crippen LogP contribution in [0, 0.1) is 17.6 Å². The summed E-state index contributed by atoms with van der Waals surface area (Å²) in [6.07, 6.45) is 0. The smallest absolute Gasteiger partial charge is 0.265 e. The molecule has 1 aromatic rings. The lowest BCUT2D eigenvalue weighted by Crippen LogP contribution is -2.44. The molecule has 12 heteroatoms. The molecule has 0 aromatic heterocycles. The van der Waals surface area contributed by atoms with E-state index in [1.54, 1.807) is 0 Å². The van der Waals surface area contributed by atoms with Crippen molar-refractivity contribution in [1.29, 1.82) is 0 Å². The molecule has 0 aliphatic heterocycles. The lowest BCUT2D eigenvalue weighted by Gasteiger charge is -2.37. The Morgan fingerprint density at radius 3 is 2.21 bits per heavy atom. The zero-order valence-electron chi connectivity index (χ0n) is 17.1. The molecule has 0 unspecified atom stereocenters. The third kappa shape index (κ3) is 8.66. The SMILES string of the molecule is CC(C)(C)[Si](C)(C)OC[C@@H](CS(=O)(=O)O)[C@@H](COc1cc(F)cc(F)c1)N=[N+]=[N-]. The summed E-state index contributed by atoms with van der Waals surface area (Å²) in [4.78, 5) is 2.70. The molecule has 1 rings (SSSR count). The maximum absolute atomic E-state index is 13.3. The molecule has 0 radical (unpaired) electrons. The summed E-state index contributed by atoms with van der Waals surface area (Å²) in [5.41, 5.74) is 8.87. The fourth-order valence-corrected chi connectivity index (χ4v) is 4.12. The Balaban J connectivity index is 3.04. The van der Waals surface area contributed by atoms with Crippen molar-refractivity contribution in [2.45, 2.75) is 44.9 Å². The van der Waals surface area contributed by atoms with Crippen LogP contribution in [0.4, 0.5) is 8.78 Å². The summed E-state index contributed by atoms with van der Waals surface area (Å²) in [6, 6.07) is 1.50. The fourth-order valence-electron chi connectivity index (χ4n) is 2.20. The minimum atomic E-state index is -4.41. The van der Waals surface area contributed by atoms with E-state index in [2.05, 4.69) is 10.0 Å². The second-order valence-electron chi connectivity index (χ2n) is 8.27. The van der Waals surface area contributed by atoms with Gasteiger partial charge in [-0.3, -0.25) is 4.55 Å². The molecule has 8 nitrogen and oxygen atoms in total. The van der Waals surface area contributed by atoms with Gasteiger partial charge in [0.25, 0.3) is 10.1 Å². The Morgan fingerprint density at radius 2 is 1.76 bits per heavy atom. The van der Waals surface area contributed by atoms with Gasteiger partial charge in [0.05, 0.1) is 18.4 Å². The van der Waals surface area contributed by atoms with Gasteiger partial charge in [0.1, 0.15) is 17.4 Å². The van der Waals surface area contributed by atoms with Gasteiger partial charge < -0.3 is 9.16 Å². The molecule has 0 spiro atoms. The van der Waals surface area contributed by atoms with Gasteiger partial charge in [-0.2, -0.15) is 8.42 Å². The first kappa shape index (κ1) is 25.3. The number of rotatable bonds is 10. The van der Waals surface area contributed by atoms with Gasteiger partial charge in [-0.05, 0) is 23.7 Å². The monoisotopic (exact) mass is 451 g/mol. The van der Waals surface area contributed by atoms with Gasteiger partial charge in [-0.15, -0.1) is 0 Å². The molecule has 0 aliphatic carbocycles. The summed E-state index contributed by atoms with van der Waals surface area (Å²) in [7, 11) is -6.67. The predicted molar refractivity (Wildman–Crippen MR) is 108 cm³/mol. The van der Waals surface area contributed by atoms with Crippen LogP contribution in [-0.2, 0) is 14.5 Å². The van der Waals surface area contributed by atoms with Crippen LogP contribution in [0.5, 0.6) is 5.75 Å². The van der Waals surface area contributed by atoms with Crippen molar-refractivity contribution in [2.75, 3.05) is 19.0 Å². The molecule has 29 heavy (non-hydrogen) atoms. The van der Waals surface area contributed by atoms with Crippen LogP contribution in [0.15, 0.2) is 23.3 Å². The quantitative estimate of drug-likeness (QED) is 0.184. The number of hydrogen-bond donors (Lipinski definition) is 1. The summed E-state index contributed by atoms with van der Waals surface area (Å²) in [5.74, 6) is -3.48. The van der Waals surface area contributed by atoms with E-state index in [0.717, 1.165) is 12.1 Å². The first-order chi connectivity index (χ1) is 13.1. The Bertz CT molecular complexity index is 835. The van der Waals surface area contributed by atoms with Crippen molar-refractivity contribution in [3.8, 4) is 5.75 Å². The Morgan fingerprint density at radius 1 is 1.21 bits per heavy atom. The van der Waals surface area contributed by atoms with E-state index in [0.29, 0.717) is 6.07 Å². The first-order valence-electron chi connectivity index (χ1n) is 8.87. The summed E-state index contributed by atoms with van der Waals surface area (Å²) < 4.78 is 70.2. The number of benzene rings is 1. The number of azide groups is 1. The molecule has 0 bridgehead atoms.